The van der Waals surface area contributed by atoms with Crippen molar-refractivity contribution >= 4 is 40.1 Å². The summed E-state index contributed by atoms with van der Waals surface area (Å²) in [5.41, 5.74) is 4.55. The first kappa shape index (κ1) is 25.1. The third kappa shape index (κ3) is 5.69. The zero-order chi connectivity index (χ0) is 24.1. The van der Waals surface area contributed by atoms with E-state index < -0.39 is 65.6 Å². The minimum absolute atomic E-state index is 0.0983. The molecule has 2 aromatic heterocycles. The van der Waals surface area contributed by atoms with Crippen molar-refractivity contribution in [3.63, 3.8) is 0 Å². The van der Waals surface area contributed by atoms with E-state index in [9.17, 15) is 38.5 Å². The lowest BCUT2D eigenvalue weighted by molar-refractivity contribution is -0.0501. The number of anilines is 1. The van der Waals surface area contributed by atoms with E-state index in [-0.39, 0.29) is 17.1 Å². The topological polar surface area (TPSA) is 290 Å². The standard InChI is InChI=1S/C11H18N5O13P3/c12-11-14-8-5(9(19)15-11)13-2-16(8)10-7(18)6(17)4(28-10)1-27-32(25,26)29-31(23,24)3-30(20,21)22/h2,4,6-7,10,17-18H,1,3H2,(H,23,24)(H,25,26)(H2,20,21,22)(H3,12,14,15,19)/t4-,6-,7-,10-/m1/s1. The van der Waals surface area contributed by atoms with Crippen molar-refractivity contribution in [2.75, 3.05) is 18.2 Å². The maximum Gasteiger partial charge on any atom is 0.479 e. The number of nitrogen functional groups attached to an aromatic ring is 1. The van der Waals surface area contributed by atoms with Crippen molar-refractivity contribution in [2.45, 2.75) is 24.5 Å². The number of ether oxygens (including phenoxy) is 1. The van der Waals surface area contributed by atoms with Crippen LogP contribution in [-0.2, 0) is 27.3 Å². The van der Waals surface area contributed by atoms with Gasteiger partial charge in [-0.1, -0.05) is 0 Å². The lowest BCUT2D eigenvalue weighted by Gasteiger charge is -2.19. The maximum absolute atomic E-state index is 11.9. The van der Waals surface area contributed by atoms with Gasteiger partial charge in [-0.05, 0) is 0 Å². The van der Waals surface area contributed by atoms with Gasteiger partial charge in [0.1, 0.15) is 18.3 Å². The first-order valence-corrected chi connectivity index (χ1v) is 13.4. The average Bonchev–Trinajstić information content (AvgIpc) is 3.12. The van der Waals surface area contributed by atoms with Crippen LogP contribution >= 0.6 is 23.0 Å². The number of H-pyrrole nitrogens is 1. The van der Waals surface area contributed by atoms with Crippen LogP contribution in [0.4, 0.5) is 5.95 Å². The molecule has 0 saturated carbocycles. The summed E-state index contributed by atoms with van der Waals surface area (Å²) >= 11 is 0. The van der Waals surface area contributed by atoms with E-state index in [1.54, 1.807) is 0 Å². The van der Waals surface area contributed by atoms with E-state index in [2.05, 4.69) is 23.8 Å². The van der Waals surface area contributed by atoms with Gasteiger partial charge in [0.15, 0.2) is 23.3 Å². The molecule has 0 aromatic carbocycles. The molecule has 32 heavy (non-hydrogen) atoms. The molecule has 0 amide bonds. The normalized spacial score (nSPS) is 27.9. The Morgan fingerprint density at radius 1 is 1.19 bits per heavy atom. The first-order valence-electron chi connectivity index (χ1n) is 8.37. The Morgan fingerprint density at radius 3 is 2.47 bits per heavy atom. The molecule has 0 spiro atoms. The number of fused-ring (bicyclic) bond motifs is 1. The molecule has 0 radical (unpaired) electrons. The first-order chi connectivity index (χ1) is 14.6. The Kier molecular flexibility index (Phi) is 6.81. The molecule has 1 saturated heterocycles. The molecule has 2 unspecified atom stereocenters. The van der Waals surface area contributed by atoms with Gasteiger partial charge >= 0.3 is 23.0 Å². The summed E-state index contributed by atoms with van der Waals surface area (Å²) in [6, 6.07) is 0. The van der Waals surface area contributed by atoms with Gasteiger partial charge in [0.25, 0.3) is 5.56 Å². The predicted molar refractivity (Wildman–Crippen MR) is 102 cm³/mol. The number of phosphoric ester groups is 1. The van der Waals surface area contributed by atoms with Gasteiger partial charge < -0.3 is 40.3 Å². The minimum Gasteiger partial charge on any atom is -0.387 e. The lowest BCUT2D eigenvalue weighted by Crippen LogP contribution is -2.33. The molecule has 18 nitrogen and oxygen atoms in total. The quantitative estimate of drug-likeness (QED) is 0.171. The van der Waals surface area contributed by atoms with E-state index in [4.69, 9.17) is 20.3 Å². The number of aliphatic hydroxyl groups excluding tert-OH is 2. The fourth-order valence-electron chi connectivity index (χ4n) is 2.84. The van der Waals surface area contributed by atoms with Crippen LogP contribution in [0, 0.1) is 0 Å². The van der Waals surface area contributed by atoms with Gasteiger partial charge in [0.05, 0.1) is 12.9 Å². The van der Waals surface area contributed by atoms with Gasteiger partial charge in [-0.2, -0.15) is 4.98 Å². The van der Waals surface area contributed by atoms with Crippen molar-refractivity contribution in [3.05, 3.63) is 16.7 Å². The van der Waals surface area contributed by atoms with Crippen LogP contribution in [0.3, 0.4) is 0 Å². The highest BCUT2D eigenvalue weighted by Crippen LogP contribution is 2.65. The highest BCUT2D eigenvalue weighted by atomic mass is 31.3. The number of nitrogens with two attached hydrogens (primary N) is 1. The largest absolute Gasteiger partial charge is 0.479 e. The van der Waals surface area contributed by atoms with Gasteiger partial charge in [-0.15, -0.1) is 0 Å². The zero-order valence-electron chi connectivity index (χ0n) is 15.6. The number of hydrogen-bond acceptors (Lipinski definition) is 12. The minimum atomic E-state index is -5.35. The van der Waals surface area contributed by atoms with E-state index >= 15 is 0 Å². The molecular weight excluding hydrogens is 503 g/mol. The van der Waals surface area contributed by atoms with E-state index in [1.807, 2.05) is 0 Å². The second kappa shape index (κ2) is 8.68. The highest BCUT2D eigenvalue weighted by molar-refractivity contribution is 7.73. The fourth-order valence-corrected chi connectivity index (χ4v) is 7.18. The number of rotatable bonds is 8. The van der Waals surface area contributed by atoms with Crippen LogP contribution in [0.5, 0.6) is 0 Å². The SMILES string of the molecule is Nc1nc2c(ncn2[C@@H]2O[C@H](COP(=O)(O)OP(=O)(O)CP(=O)(O)O)[C@@H](O)[C@H]2O)c(=O)[nH]1. The van der Waals surface area contributed by atoms with Gasteiger partial charge in [-0.3, -0.25) is 28.0 Å². The number of aliphatic hydroxyl groups is 2. The molecule has 180 valence electrons. The van der Waals surface area contributed by atoms with Crippen molar-refractivity contribution in [1.29, 1.82) is 0 Å². The van der Waals surface area contributed by atoms with E-state index in [0.717, 1.165) is 10.9 Å². The molecule has 0 bridgehead atoms. The Labute approximate surface area is 176 Å². The Bertz CT molecular complexity index is 1210. The molecule has 1 fully saturated rings. The molecule has 2 aromatic rings. The van der Waals surface area contributed by atoms with Crippen LogP contribution in [0.1, 0.15) is 6.23 Å². The van der Waals surface area contributed by atoms with Crippen LogP contribution in [0.25, 0.3) is 11.2 Å². The molecule has 3 heterocycles. The summed E-state index contributed by atoms with van der Waals surface area (Å²) < 4.78 is 49.1. The summed E-state index contributed by atoms with van der Waals surface area (Å²) in [7, 11) is -15.7. The Balaban J connectivity index is 1.72. The third-order valence-electron chi connectivity index (χ3n) is 4.06. The van der Waals surface area contributed by atoms with Gasteiger partial charge in [0.2, 0.25) is 5.95 Å². The van der Waals surface area contributed by atoms with Crippen LogP contribution in [0.15, 0.2) is 11.1 Å². The third-order valence-corrected chi connectivity index (χ3v) is 9.28. The van der Waals surface area contributed by atoms with Crippen molar-refractivity contribution in [3.8, 4) is 0 Å². The Morgan fingerprint density at radius 2 is 1.84 bits per heavy atom. The molecule has 1 aliphatic rings. The summed E-state index contributed by atoms with van der Waals surface area (Å²) in [5, 5.41) is 20.5. The Hall–Kier alpha value is -1.52. The molecule has 3 rings (SSSR count). The second-order valence-corrected chi connectivity index (χ2v) is 12.2. The van der Waals surface area contributed by atoms with Crippen molar-refractivity contribution in [2.24, 2.45) is 0 Å². The number of aromatic nitrogens is 4. The second-order valence-electron chi connectivity index (χ2n) is 6.61. The maximum atomic E-state index is 11.9. The number of nitrogens with zero attached hydrogens (tertiary/aromatic N) is 3. The van der Waals surface area contributed by atoms with E-state index in [0.29, 0.717) is 0 Å². The van der Waals surface area contributed by atoms with Crippen LogP contribution in [-0.4, -0.2) is 80.1 Å². The number of nitrogens with one attached hydrogen (secondary N) is 1. The lowest BCUT2D eigenvalue weighted by atomic mass is 10.1. The number of imidazole rings is 1. The number of aromatic amines is 1. The van der Waals surface area contributed by atoms with Crippen LogP contribution < -0.4 is 11.3 Å². The summed E-state index contributed by atoms with van der Waals surface area (Å²) in [6.07, 6.45) is -5.19. The van der Waals surface area contributed by atoms with Crippen LogP contribution in [0.2, 0.25) is 0 Å². The average molecular weight is 521 g/mol. The van der Waals surface area contributed by atoms with Gasteiger partial charge in [0, 0.05) is 0 Å². The van der Waals surface area contributed by atoms with Gasteiger partial charge in [-0.25, -0.2) is 13.9 Å². The zero-order valence-corrected chi connectivity index (χ0v) is 18.3. The summed E-state index contributed by atoms with van der Waals surface area (Å²) in [4.78, 5) is 58.1. The summed E-state index contributed by atoms with van der Waals surface area (Å²) in [6.45, 7) is -0.957. The molecule has 6 atom stereocenters. The highest BCUT2D eigenvalue weighted by Gasteiger charge is 2.46. The number of hydrogen-bond donors (Lipinski definition) is 8. The number of phosphoric acid groups is 1. The fraction of sp³-hybridized carbons (Fsp3) is 0.545. The molecule has 1 aliphatic heterocycles. The summed E-state index contributed by atoms with van der Waals surface area (Å²) in [5.74, 6) is -2.00. The van der Waals surface area contributed by atoms with Crippen molar-refractivity contribution in [1.82, 2.24) is 19.5 Å². The van der Waals surface area contributed by atoms with E-state index in [1.165, 1.54) is 0 Å². The predicted octanol–water partition coefficient (Wildman–Crippen LogP) is -2.22. The molecule has 21 heteroatoms. The van der Waals surface area contributed by atoms with Crippen molar-refractivity contribution < 1.29 is 57.1 Å². The molecule has 9 N–H and O–H groups in total. The molecular formula is C11H18N5O13P3. The smallest absolute Gasteiger partial charge is 0.387 e. The molecule has 0 aliphatic carbocycles. The monoisotopic (exact) mass is 521 g/mol.